The van der Waals surface area contributed by atoms with Crippen molar-refractivity contribution in [2.45, 2.75) is 38.6 Å². The molecule has 4 rings (SSSR count). The molecule has 0 spiro atoms. The van der Waals surface area contributed by atoms with Crippen LogP contribution in [0, 0.1) is 18.8 Å². The van der Waals surface area contributed by atoms with Gasteiger partial charge < -0.3 is 9.42 Å². The van der Waals surface area contributed by atoms with Gasteiger partial charge in [0.25, 0.3) is 5.89 Å². The van der Waals surface area contributed by atoms with Gasteiger partial charge in [0.2, 0.25) is 5.82 Å². The summed E-state index contributed by atoms with van der Waals surface area (Å²) in [4.78, 5) is 8.41. The second-order valence-electron chi connectivity index (χ2n) is 8.28. The van der Waals surface area contributed by atoms with Crippen molar-refractivity contribution in [3.8, 4) is 11.4 Å². The predicted octanol–water partition coefficient (Wildman–Crippen LogP) is 6.23. The lowest BCUT2D eigenvalue weighted by molar-refractivity contribution is 0.162. The zero-order valence-electron chi connectivity index (χ0n) is 17.4. The number of nitrogens with zero attached hydrogens (tertiary/aromatic N) is 3. The molecule has 0 bridgehead atoms. The lowest BCUT2D eigenvalue weighted by Crippen LogP contribution is -2.29. The van der Waals surface area contributed by atoms with Gasteiger partial charge in [0.1, 0.15) is 0 Å². The summed E-state index contributed by atoms with van der Waals surface area (Å²) in [5, 5.41) is 6.32. The van der Waals surface area contributed by atoms with Gasteiger partial charge in [0.15, 0.2) is 0 Å². The molecule has 1 aromatic carbocycles. The molecule has 1 saturated carbocycles. The molecule has 1 fully saturated rings. The van der Waals surface area contributed by atoms with Crippen LogP contribution in [0.4, 0.5) is 0 Å². The Hall–Kier alpha value is -2.24. The van der Waals surface area contributed by atoms with Crippen molar-refractivity contribution in [1.29, 1.82) is 0 Å². The van der Waals surface area contributed by atoms with E-state index in [1.165, 1.54) is 36.1 Å². The number of aryl methyl sites for hydroxylation is 1. The lowest BCUT2D eigenvalue weighted by atomic mass is 9.77. The molecule has 152 valence electrons. The van der Waals surface area contributed by atoms with E-state index in [1.807, 2.05) is 29.5 Å². The molecule has 1 aliphatic carbocycles. The Morgan fingerprint density at radius 2 is 1.97 bits per heavy atom. The van der Waals surface area contributed by atoms with E-state index in [-0.39, 0.29) is 0 Å². The Morgan fingerprint density at radius 3 is 2.66 bits per heavy atom. The molecule has 3 aromatic rings. The molecule has 0 amide bonds. The molecule has 1 atom stereocenters. The van der Waals surface area contributed by atoms with Crippen molar-refractivity contribution in [3.05, 3.63) is 64.2 Å². The fourth-order valence-corrected chi connectivity index (χ4v) is 5.46. The molecular weight excluding hydrogens is 378 g/mol. The first kappa shape index (κ1) is 20.0. The first-order chi connectivity index (χ1) is 14.1. The zero-order chi connectivity index (χ0) is 20.2. The lowest BCUT2D eigenvalue weighted by Gasteiger charge is -2.36. The van der Waals surface area contributed by atoms with Crippen LogP contribution in [0.5, 0.6) is 0 Å². The average molecular weight is 408 g/mol. The van der Waals surface area contributed by atoms with E-state index < -0.39 is 0 Å². The number of hydrogen-bond donors (Lipinski definition) is 0. The molecule has 1 unspecified atom stereocenters. The summed E-state index contributed by atoms with van der Waals surface area (Å²) >= 11 is 1.88. The van der Waals surface area contributed by atoms with Crippen LogP contribution in [0.1, 0.15) is 48.1 Å². The Bertz CT molecular complexity index is 937. The minimum atomic E-state index is 0.535. The summed E-state index contributed by atoms with van der Waals surface area (Å²) in [5.41, 5.74) is 2.19. The van der Waals surface area contributed by atoms with Crippen molar-refractivity contribution in [2.24, 2.45) is 11.8 Å². The van der Waals surface area contributed by atoms with Crippen molar-refractivity contribution < 1.29 is 4.52 Å². The summed E-state index contributed by atoms with van der Waals surface area (Å²) < 4.78 is 5.44. The van der Waals surface area contributed by atoms with E-state index in [1.54, 1.807) is 0 Å². The van der Waals surface area contributed by atoms with Crippen molar-refractivity contribution in [3.63, 3.8) is 0 Å². The Balaban J connectivity index is 1.36. The third-order valence-electron chi connectivity index (χ3n) is 5.88. The third kappa shape index (κ3) is 4.85. The SMILES string of the molecule is Cc1cccc(-c2noc(C=CC3CCC(C(c4cccs4)N(C)C)CC3)n2)c1. The highest BCUT2D eigenvalue weighted by Crippen LogP contribution is 2.41. The normalized spacial score (nSPS) is 21.1. The number of benzene rings is 1. The van der Waals surface area contributed by atoms with Gasteiger partial charge in [-0.3, -0.25) is 0 Å². The molecule has 0 saturated heterocycles. The summed E-state index contributed by atoms with van der Waals surface area (Å²) in [7, 11) is 4.41. The Morgan fingerprint density at radius 1 is 1.14 bits per heavy atom. The highest BCUT2D eigenvalue weighted by Gasteiger charge is 2.29. The van der Waals surface area contributed by atoms with Gasteiger partial charge in [-0.25, -0.2) is 0 Å². The van der Waals surface area contributed by atoms with Crippen molar-refractivity contribution >= 4 is 17.4 Å². The van der Waals surface area contributed by atoms with Gasteiger partial charge in [-0.1, -0.05) is 41.1 Å². The van der Waals surface area contributed by atoms with Crippen LogP contribution in [-0.2, 0) is 0 Å². The van der Waals surface area contributed by atoms with Crippen LogP contribution in [0.3, 0.4) is 0 Å². The van der Waals surface area contributed by atoms with Crippen LogP contribution in [-0.4, -0.2) is 29.1 Å². The molecule has 2 heterocycles. The van der Waals surface area contributed by atoms with Crippen LogP contribution in [0.25, 0.3) is 17.5 Å². The van der Waals surface area contributed by atoms with Gasteiger partial charge in [-0.2, -0.15) is 4.98 Å². The van der Waals surface area contributed by atoms with Gasteiger partial charge in [0.05, 0.1) is 0 Å². The predicted molar refractivity (Wildman–Crippen MR) is 120 cm³/mol. The Kier molecular flexibility index (Phi) is 6.26. The maximum atomic E-state index is 5.44. The van der Waals surface area contributed by atoms with E-state index in [0.29, 0.717) is 23.7 Å². The summed E-state index contributed by atoms with van der Waals surface area (Å²) in [6.45, 7) is 2.07. The minimum Gasteiger partial charge on any atom is -0.334 e. The van der Waals surface area contributed by atoms with Gasteiger partial charge in [0, 0.05) is 16.5 Å². The highest BCUT2D eigenvalue weighted by atomic mass is 32.1. The number of hydrogen-bond acceptors (Lipinski definition) is 5. The fourth-order valence-electron chi connectivity index (χ4n) is 4.44. The largest absolute Gasteiger partial charge is 0.334 e. The topological polar surface area (TPSA) is 42.2 Å². The first-order valence-electron chi connectivity index (χ1n) is 10.4. The monoisotopic (exact) mass is 407 g/mol. The number of rotatable bonds is 6. The number of allylic oxidation sites excluding steroid dienone is 1. The Labute approximate surface area is 177 Å². The second-order valence-corrected chi connectivity index (χ2v) is 9.26. The highest BCUT2D eigenvalue weighted by molar-refractivity contribution is 7.10. The number of aromatic nitrogens is 2. The summed E-state index contributed by atoms with van der Waals surface area (Å²) in [5.74, 6) is 2.56. The van der Waals surface area contributed by atoms with E-state index in [2.05, 4.69) is 71.8 Å². The molecule has 0 radical (unpaired) electrons. The third-order valence-corrected chi connectivity index (χ3v) is 6.83. The van der Waals surface area contributed by atoms with Gasteiger partial charge in [-0.05, 0) is 82.1 Å². The number of thiophene rings is 1. The molecule has 2 aromatic heterocycles. The first-order valence-corrected chi connectivity index (χ1v) is 11.3. The maximum absolute atomic E-state index is 5.44. The molecular formula is C24H29N3OS. The van der Waals surface area contributed by atoms with Gasteiger partial charge in [-0.15, -0.1) is 11.3 Å². The average Bonchev–Trinajstić information content (AvgIpc) is 3.40. The van der Waals surface area contributed by atoms with Crippen molar-refractivity contribution in [1.82, 2.24) is 15.0 Å². The van der Waals surface area contributed by atoms with Crippen LogP contribution in [0.2, 0.25) is 0 Å². The zero-order valence-corrected chi connectivity index (χ0v) is 18.2. The van der Waals surface area contributed by atoms with Crippen LogP contribution in [0.15, 0.2) is 52.4 Å². The van der Waals surface area contributed by atoms with E-state index in [4.69, 9.17) is 4.52 Å². The molecule has 4 nitrogen and oxygen atoms in total. The van der Waals surface area contributed by atoms with E-state index >= 15 is 0 Å². The maximum Gasteiger partial charge on any atom is 0.250 e. The standard InChI is InChI=1S/C24H29N3OS/c1-17-6-4-7-20(16-17)24-25-22(28-26-24)14-11-18-9-12-19(13-10-18)23(27(2)3)21-8-5-15-29-21/h4-8,11,14-16,18-19,23H,9-10,12-13H2,1-3H3. The van der Waals surface area contributed by atoms with E-state index in [0.717, 1.165) is 11.5 Å². The molecule has 29 heavy (non-hydrogen) atoms. The van der Waals surface area contributed by atoms with Gasteiger partial charge >= 0.3 is 0 Å². The van der Waals surface area contributed by atoms with Crippen LogP contribution < -0.4 is 0 Å². The molecule has 5 heteroatoms. The quantitative estimate of drug-likeness (QED) is 0.486. The molecule has 0 N–H and O–H groups in total. The fraction of sp³-hybridized carbons (Fsp3) is 0.417. The van der Waals surface area contributed by atoms with E-state index in [9.17, 15) is 0 Å². The van der Waals surface area contributed by atoms with Crippen LogP contribution >= 0.6 is 11.3 Å². The minimum absolute atomic E-state index is 0.535. The molecule has 0 aliphatic heterocycles. The van der Waals surface area contributed by atoms with Crippen molar-refractivity contribution in [2.75, 3.05) is 14.1 Å². The molecule has 1 aliphatic rings. The summed E-state index contributed by atoms with van der Waals surface area (Å²) in [6.07, 6.45) is 9.22. The smallest absolute Gasteiger partial charge is 0.250 e. The second kappa shape index (κ2) is 9.06. The summed E-state index contributed by atoms with van der Waals surface area (Å²) in [6, 6.07) is 13.2.